The van der Waals surface area contributed by atoms with Gasteiger partial charge < -0.3 is 10.1 Å². The highest BCUT2D eigenvalue weighted by molar-refractivity contribution is 7.16. The average Bonchev–Trinajstić information content (AvgIpc) is 3.31. The molecule has 0 radical (unpaired) electrons. The van der Waals surface area contributed by atoms with Crippen LogP contribution in [0.2, 0.25) is 0 Å². The molecule has 0 aliphatic carbocycles. The molecule has 124 valence electrons. The van der Waals surface area contributed by atoms with Crippen LogP contribution < -0.4 is 10.1 Å². The van der Waals surface area contributed by atoms with E-state index in [9.17, 15) is 9.59 Å². The Morgan fingerprint density at radius 2 is 2.12 bits per heavy atom. The van der Waals surface area contributed by atoms with Crippen LogP contribution in [0.25, 0.3) is 0 Å². The lowest BCUT2D eigenvalue weighted by Gasteiger charge is -2.03. The van der Waals surface area contributed by atoms with Gasteiger partial charge in [0.15, 0.2) is 0 Å². The van der Waals surface area contributed by atoms with Crippen molar-refractivity contribution in [3.63, 3.8) is 0 Å². The molecule has 1 amide bonds. The van der Waals surface area contributed by atoms with E-state index in [1.54, 1.807) is 19.3 Å². The van der Waals surface area contributed by atoms with Crippen LogP contribution in [0.15, 0.2) is 35.8 Å². The number of carbonyl (C=O) groups is 2. The van der Waals surface area contributed by atoms with Crippen LogP contribution in [0.5, 0.6) is 5.88 Å². The summed E-state index contributed by atoms with van der Waals surface area (Å²) in [6.45, 7) is 0.346. The number of nitrogens with zero attached hydrogens (tertiary/aromatic N) is 2. The van der Waals surface area contributed by atoms with Gasteiger partial charge in [0, 0.05) is 18.1 Å². The van der Waals surface area contributed by atoms with Gasteiger partial charge in [-0.2, -0.15) is 0 Å². The zero-order chi connectivity index (χ0) is 17.1. The molecule has 0 saturated carbocycles. The van der Waals surface area contributed by atoms with Gasteiger partial charge in [0.05, 0.1) is 23.4 Å². The maximum Gasteiger partial charge on any atom is 0.258 e. The number of methoxy groups -OCH3 is 1. The topological polar surface area (TPSA) is 73.2 Å². The zero-order valence-electron chi connectivity index (χ0n) is 13.1. The molecule has 1 N–H and O–H groups in total. The fourth-order valence-corrected chi connectivity index (χ4v) is 3.81. The summed E-state index contributed by atoms with van der Waals surface area (Å²) in [4.78, 5) is 26.8. The van der Waals surface area contributed by atoms with Crippen molar-refractivity contribution in [2.24, 2.45) is 7.05 Å². The second kappa shape index (κ2) is 6.98. The molecule has 3 aromatic rings. The van der Waals surface area contributed by atoms with Crippen molar-refractivity contribution >= 4 is 34.4 Å². The van der Waals surface area contributed by atoms with Crippen molar-refractivity contribution in [1.29, 1.82) is 0 Å². The van der Waals surface area contributed by atoms with Crippen LogP contribution in [0, 0.1) is 0 Å². The van der Waals surface area contributed by atoms with E-state index in [1.165, 1.54) is 34.5 Å². The fraction of sp³-hybridized carbons (Fsp3) is 0.188. The van der Waals surface area contributed by atoms with Crippen molar-refractivity contribution in [2.75, 3.05) is 7.11 Å². The Hall–Kier alpha value is -2.45. The summed E-state index contributed by atoms with van der Waals surface area (Å²) in [6.07, 6.45) is 1.61. The molecule has 3 rings (SSSR count). The molecule has 0 aromatic carbocycles. The van der Waals surface area contributed by atoms with Crippen molar-refractivity contribution in [1.82, 2.24) is 15.1 Å². The minimum Gasteiger partial charge on any atom is -0.479 e. The second-order valence-corrected chi connectivity index (χ2v) is 7.10. The van der Waals surface area contributed by atoms with E-state index in [2.05, 4.69) is 10.4 Å². The number of hydrogen-bond acceptors (Lipinski definition) is 6. The zero-order valence-corrected chi connectivity index (χ0v) is 14.7. The maximum absolute atomic E-state index is 12.3. The maximum atomic E-state index is 12.3. The lowest BCUT2D eigenvalue weighted by molar-refractivity contribution is 0.0947. The number of aromatic nitrogens is 2. The number of ketones is 1. The van der Waals surface area contributed by atoms with Gasteiger partial charge in [-0.3, -0.25) is 14.3 Å². The number of rotatable bonds is 6. The Kier molecular flexibility index (Phi) is 4.77. The largest absolute Gasteiger partial charge is 0.479 e. The Morgan fingerprint density at radius 1 is 1.29 bits per heavy atom. The van der Waals surface area contributed by atoms with Crippen LogP contribution in [-0.4, -0.2) is 28.6 Å². The van der Waals surface area contributed by atoms with E-state index in [-0.39, 0.29) is 17.6 Å². The molecule has 0 atom stereocenters. The summed E-state index contributed by atoms with van der Waals surface area (Å²) >= 11 is 2.80. The number of thiophene rings is 2. The molecule has 0 spiro atoms. The number of aryl methyl sites for hydroxylation is 1. The number of ether oxygens (including phenoxy) is 1. The summed E-state index contributed by atoms with van der Waals surface area (Å²) in [7, 11) is 3.20. The standard InChI is InChI=1S/C16H15N3O3S2/c1-19-9-11(16(18-19)22-2)15(21)17-8-10-5-6-13(24-10)14(20)12-4-3-7-23-12/h3-7,9H,8H2,1-2H3,(H,17,21). The monoisotopic (exact) mass is 361 g/mol. The fourth-order valence-electron chi connectivity index (χ4n) is 2.16. The molecular formula is C16H15N3O3S2. The van der Waals surface area contributed by atoms with E-state index in [4.69, 9.17) is 4.74 Å². The smallest absolute Gasteiger partial charge is 0.258 e. The van der Waals surface area contributed by atoms with Gasteiger partial charge in [-0.15, -0.1) is 27.8 Å². The summed E-state index contributed by atoms with van der Waals surface area (Å²) in [5.41, 5.74) is 0.381. The lowest BCUT2D eigenvalue weighted by Crippen LogP contribution is -2.22. The summed E-state index contributed by atoms with van der Waals surface area (Å²) < 4.78 is 6.61. The molecule has 0 aliphatic rings. The predicted molar refractivity (Wildman–Crippen MR) is 93.0 cm³/mol. The molecule has 0 fully saturated rings. The Balaban J connectivity index is 1.65. The highest BCUT2D eigenvalue weighted by Crippen LogP contribution is 2.22. The van der Waals surface area contributed by atoms with Crippen molar-refractivity contribution < 1.29 is 14.3 Å². The molecule has 0 unspecified atom stereocenters. The molecule has 24 heavy (non-hydrogen) atoms. The number of nitrogens with one attached hydrogen (secondary N) is 1. The van der Waals surface area contributed by atoms with Crippen LogP contribution in [0.4, 0.5) is 0 Å². The molecule has 3 heterocycles. The van der Waals surface area contributed by atoms with E-state index in [1.807, 2.05) is 23.6 Å². The summed E-state index contributed by atoms with van der Waals surface area (Å²) in [6, 6.07) is 7.31. The number of carbonyl (C=O) groups excluding carboxylic acids is 2. The van der Waals surface area contributed by atoms with Crippen LogP contribution in [0.1, 0.15) is 29.8 Å². The first-order chi connectivity index (χ1) is 11.6. The molecule has 0 bridgehead atoms. The van der Waals surface area contributed by atoms with Gasteiger partial charge in [-0.1, -0.05) is 6.07 Å². The molecule has 3 aromatic heterocycles. The second-order valence-electron chi connectivity index (χ2n) is 4.98. The molecular weight excluding hydrogens is 346 g/mol. The van der Waals surface area contributed by atoms with Crippen LogP contribution in [-0.2, 0) is 13.6 Å². The third-order valence-electron chi connectivity index (χ3n) is 3.29. The summed E-state index contributed by atoms with van der Waals surface area (Å²) in [5.74, 6) is 0.0377. The third kappa shape index (κ3) is 3.39. The molecule has 8 heteroatoms. The van der Waals surface area contributed by atoms with E-state index < -0.39 is 0 Å². The van der Waals surface area contributed by atoms with E-state index in [0.717, 1.165) is 4.88 Å². The minimum absolute atomic E-state index is 0.0153. The molecule has 0 saturated heterocycles. The van der Waals surface area contributed by atoms with Gasteiger partial charge in [-0.05, 0) is 23.6 Å². The molecule has 6 nitrogen and oxygen atoms in total. The normalized spacial score (nSPS) is 10.6. The van der Waals surface area contributed by atoms with E-state index >= 15 is 0 Å². The lowest BCUT2D eigenvalue weighted by atomic mass is 10.2. The van der Waals surface area contributed by atoms with Gasteiger partial charge in [0.2, 0.25) is 11.7 Å². The first-order valence-electron chi connectivity index (χ1n) is 7.11. The van der Waals surface area contributed by atoms with Gasteiger partial charge >= 0.3 is 0 Å². The van der Waals surface area contributed by atoms with Crippen LogP contribution >= 0.6 is 22.7 Å². The van der Waals surface area contributed by atoms with E-state index in [0.29, 0.717) is 21.9 Å². The number of amides is 1. The first kappa shape index (κ1) is 16.4. The predicted octanol–water partition coefficient (Wildman–Crippen LogP) is 2.71. The highest BCUT2D eigenvalue weighted by atomic mass is 32.1. The Labute approximate surface area is 146 Å². The minimum atomic E-state index is -0.264. The van der Waals surface area contributed by atoms with Gasteiger partial charge in [0.1, 0.15) is 5.56 Å². The Bertz CT molecular complexity index is 865. The van der Waals surface area contributed by atoms with Crippen LogP contribution in [0.3, 0.4) is 0 Å². The first-order valence-corrected chi connectivity index (χ1v) is 8.81. The quantitative estimate of drug-likeness (QED) is 0.685. The third-order valence-corrected chi connectivity index (χ3v) is 5.24. The van der Waals surface area contributed by atoms with Gasteiger partial charge in [0.25, 0.3) is 5.91 Å². The molecule has 0 aliphatic heterocycles. The average molecular weight is 361 g/mol. The van der Waals surface area contributed by atoms with Crippen molar-refractivity contribution in [2.45, 2.75) is 6.54 Å². The van der Waals surface area contributed by atoms with Crippen molar-refractivity contribution in [3.05, 3.63) is 56.0 Å². The number of hydrogen-bond donors (Lipinski definition) is 1. The Morgan fingerprint density at radius 3 is 2.83 bits per heavy atom. The highest BCUT2D eigenvalue weighted by Gasteiger charge is 2.17. The van der Waals surface area contributed by atoms with Gasteiger partial charge in [-0.25, -0.2) is 0 Å². The SMILES string of the molecule is COc1nn(C)cc1C(=O)NCc1ccc(C(=O)c2cccs2)s1. The summed E-state index contributed by atoms with van der Waals surface area (Å²) in [5, 5.41) is 8.75. The van der Waals surface area contributed by atoms with Crippen molar-refractivity contribution in [3.8, 4) is 5.88 Å².